The zero-order valence-electron chi connectivity index (χ0n) is 9.97. The molecule has 18 heavy (non-hydrogen) atoms. The summed E-state index contributed by atoms with van der Waals surface area (Å²) in [5.41, 5.74) is 2.99. The first-order chi connectivity index (χ1) is 8.74. The van der Waals surface area contributed by atoms with E-state index in [0.29, 0.717) is 0 Å². The van der Waals surface area contributed by atoms with Crippen molar-refractivity contribution in [2.24, 2.45) is 0 Å². The number of halogens is 1. The Hall–Kier alpha value is -1.87. The van der Waals surface area contributed by atoms with E-state index in [9.17, 15) is 0 Å². The van der Waals surface area contributed by atoms with Gasteiger partial charge in [0, 0.05) is 11.2 Å². The predicted molar refractivity (Wildman–Crippen MR) is 72.8 cm³/mol. The summed E-state index contributed by atoms with van der Waals surface area (Å²) in [7, 11) is 0. The highest BCUT2D eigenvalue weighted by Crippen LogP contribution is 2.17. The van der Waals surface area contributed by atoms with Crippen LogP contribution in [0.3, 0.4) is 0 Å². The normalized spacial score (nSPS) is 11.0. The Bertz CT molecular complexity index is 703. The zero-order valence-corrected chi connectivity index (χ0v) is 10.7. The lowest BCUT2D eigenvalue weighted by Gasteiger charge is -2.06. The molecule has 0 unspecified atom stereocenters. The fraction of sp³-hybridized carbons (Fsp3) is 0.143. The molecular weight excluding hydrogens is 246 g/mol. The van der Waals surface area contributed by atoms with E-state index in [4.69, 9.17) is 11.6 Å². The standard InChI is InChI=1S/C14H12ClN3/c1-10-17-13-6-3-7-16-14(13)18(10)9-11-4-2-5-12(15)8-11/h2-8H,9H2,1H3. The highest BCUT2D eigenvalue weighted by molar-refractivity contribution is 6.30. The van der Waals surface area contributed by atoms with Gasteiger partial charge in [-0.3, -0.25) is 0 Å². The Morgan fingerprint density at radius 2 is 2.11 bits per heavy atom. The van der Waals surface area contributed by atoms with Crippen molar-refractivity contribution in [3.63, 3.8) is 0 Å². The smallest absolute Gasteiger partial charge is 0.160 e. The van der Waals surface area contributed by atoms with Crippen LogP contribution in [0.5, 0.6) is 0 Å². The molecule has 0 spiro atoms. The minimum atomic E-state index is 0.736. The Morgan fingerprint density at radius 3 is 2.94 bits per heavy atom. The van der Waals surface area contributed by atoms with Gasteiger partial charge in [0.25, 0.3) is 0 Å². The molecular formula is C14H12ClN3. The van der Waals surface area contributed by atoms with Crippen LogP contribution in [0.1, 0.15) is 11.4 Å². The summed E-state index contributed by atoms with van der Waals surface area (Å²) in [6.45, 7) is 2.73. The molecule has 3 nitrogen and oxygen atoms in total. The van der Waals surface area contributed by atoms with Crippen LogP contribution >= 0.6 is 11.6 Å². The summed E-state index contributed by atoms with van der Waals surface area (Å²) in [5, 5.41) is 0.752. The van der Waals surface area contributed by atoms with E-state index in [-0.39, 0.29) is 0 Å². The van der Waals surface area contributed by atoms with Gasteiger partial charge in [-0.2, -0.15) is 0 Å². The summed E-state index contributed by atoms with van der Waals surface area (Å²) in [6, 6.07) is 11.7. The zero-order chi connectivity index (χ0) is 12.5. The van der Waals surface area contributed by atoms with E-state index in [1.165, 1.54) is 0 Å². The Kier molecular flexibility index (Phi) is 2.76. The molecule has 90 valence electrons. The van der Waals surface area contributed by atoms with E-state index in [1.807, 2.05) is 37.3 Å². The molecule has 4 heteroatoms. The van der Waals surface area contributed by atoms with E-state index in [2.05, 4.69) is 20.6 Å². The molecule has 0 atom stereocenters. The topological polar surface area (TPSA) is 30.7 Å². The molecule has 3 rings (SSSR count). The number of aromatic nitrogens is 3. The van der Waals surface area contributed by atoms with Gasteiger partial charge in [-0.05, 0) is 36.8 Å². The monoisotopic (exact) mass is 257 g/mol. The second-order valence-corrected chi connectivity index (χ2v) is 4.66. The molecule has 0 aliphatic rings. The second kappa shape index (κ2) is 4.42. The quantitative estimate of drug-likeness (QED) is 0.704. The highest BCUT2D eigenvalue weighted by atomic mass is 35.5. The molecule has 2 heterocycles. The van der Waals surface area contributed by atoms with Crippen LogP contribution in [0.4, 0.5) is 0 Å². The average molecular weight is 258 g/mol. The third-order valence-electron chi connectivity index (χ3n) is 2.92. The number of imidazole rings is 1. The number of aryl methyl sites for hydroxylation is 1. The maximum Gasteiger partial charge on any atom is 0.160 e. The lowest BCUT2D eigenvalue weighted by Crippen LogP contribution is -2.02. The van der Waals surface area contributed by atoms with Gasteiger partial charge in [-0.25, -0.2) is 9.97 Å². The van der Waals surface area contributed by atoms with Gasteiger partial charge in [-0.15, -0.1) is 0 Å². The molecule has 0 fully saturated rings. The SMILES string of the molecule is Cc1nc2cccnc2n1Cc1cccc(Cl)c1. The average Bonchev–Trinajstić information content (AvgIpc) is 2.66. The van der Waals surface area contributed by atoms with Crippen LogP contribution in [0.25, 0.3) is 11.2 Å². The van der Waals surface area contributed by atoms with Crippen LogP contribution in [0, 0.1) is 6.92 Å². The fourth-order valence-corrected chi connectivity index (χ4v) is 2.29. The van der Waals surface area contributed by atoms with Gasteiger partial charge in [-0.1, -0.05) is 23.7 Å². The Labute approximate surface area is 110 Å². The molecule has 0 amide bonds. The van der Waals surface area contributed by atoms with Crippen LogP contribution in [0.15, 0.2) is 42.6 Å². The van der Waals surface area contributed by atoms with E-state index >= 15 is 0 Å². The summed E-state index contributed by atoms with van der Waals surface area (Å²) in [6.07, 6.45) is 1.79. The summed E-state index contributed by atoms with van der Waals surface area (Å²) in [4.78, 5) is 8.89. The van der Waals surface area contributed by atoms with Gasteiger partial charge >= 0.3 is 0 Å². The van der Waals surface area contributed by atoms with Crippen molar-refractivity contribution in [3.05, 3.63) is 59.0 Å². The second-order valence-electron chi connectivity index (χ2n) is 4.22. The number of rotatable bonds is 2. The van der Waals surface area contributed by atoms with Crippen molar-refractivity contribution in [1.82, 2.24) is 14.5 Å². The van der Waals surface area contributed by atoms with Crippen molar-refractivity contribution in [1.29, 1.82) is 0 Å². The number of hydrogen-bond acceptors (Lipinski definition) is 2. The Balaban J connectivity index is 2.07. The van der Waals surface area contributed by atoms with Crippen molar-refractivity contribution >= 4 is 22.8 Å². The molecule has 0 radical (unpaired) electrons. The number of hydrogen-bond donors (Lipinski definition) is 0. The summed E-state index contributed by atoms with van der Waals surface area (Å²) < 4.78 is 2.10. The maximum absolute atomic E-state index is 6.00. The minimum absolute atomic E-state index is 0.736. The van der Waals surface area contributed by atoms with Crippen molar-refractivity contribution < 1.29 is 0 Å². The molecule has 0 saturated carbocycles. The third kappa shape index (κ3) is 1.97. The largest absolute Gasteiger partial charge is 0.308 e. The van der Waals surface area contributed by atoms with Gasteiger partial charge < -0.3 is 4.57 Å². The van der Waals surface area contributed by atoms with E-state index < -0.39 is 0 Å². The molecule has 3 aromatic rings. The fourth-order valence-electron chi connectivity index (χ4n) is 2.08. The van der Waals surface area contributed by atoms with Crippen molar-refractivity contribution in [2.75, 3.05) is 0 Å². The number of nitrogens with zero attached hydrogens (tertiary/aromatic N) is 3. The van der Waals surface area contributed by atoms with E-state index in [0.717, 1.165) is 34.1 Å². The Morgan fingerprint density at radius 1 is 1.22 bits per heavy atom. The van der Waals surface area contributed by atoms with Crippen molar-refractivity contribution in [2.45, 2.75) is 13.5 Å². The first-order valence-corrected chi connectivity index (χ1v) is 6.14. The van der Waals surface area contributed by atoms with Crippen LogP contribution < -0.4 is 0 Å². The number of benzene rings is 1. The maximum atomic E-state index is 6.00. The van der Waals surface area contributed by atoms with Crippen LogP contribution in [-0.2, 0) is 6.54 Å². The molecule has 0 aliphatic heterocycles. The number of fused-ring (bicyclic) bond motifs is 1. The summed E-state index contributed by atoms with van der Waals surface area (Å²) in [5.74, 6) is 0.962. The summed E-state index contributed by atoms with van der Waals surface area (Å²) >= 11 is 6.00. The molecule has 0 N–H and O–H groups in total. The van der Waals surface area contributed by atoms with Gasteiger partial charge in [0.1, 0.15) is 11.3 Å². The van der Waals surface area contributed by atoms with E-state index in [1.54, 1.807) is 6.20 Å². The highest BCUT2D eigenvalue weighted by Gasteiger charge is 2.08. The number of pyridine rings is 1. The molecule has 0 saturated heterocycles. The first kappa shape index (κ1) is 11.2. The molecule has 2 aromatic heterocycles. The molecule has 1 aromatic carbocycles. The third-order valence-corrected chi connectivity index (χ3v) is 3.16. The lowest BCUT2D eigenvalue weighted by molar-refractivity contribution is 0.777. The van der Waals surface area contributed by atoms with Crippen LogP contribution in [0.2, 0.25) is 5.02 Å². The minimum Gasteiger partial charge on any atom is -0.308 e. The predicted octanol–water partition coefficient (Wildman–Crippen LogP) is 3.44. The van der Waals surface area contributed by atoms with Gasteiger partial charge in [0.05, 0.1) is 6.54 Å². The van der Waals surface area contributed by atoms with Gasteiger partial charge in [0.2, 0.25) is 0 Å². The van der Waals surface area contributed by atoms with Crippen LogP contribution in [-0.4, -0.2) is 14.5 Å². The molecule has 0 bridgehead atoms. The van der Waals surface area contributed by atoms with Gasteiger partial charge in [0.15, 0.2) is 5.65 Å². The van der Waals surface area contributed by atoms with Crippen molar-refractivity contribution in [3.8, 4) is 0 Å². The molecule has 0 aliphatic carbocycles. The lowest BCUT2D eigenvalue weighted by atomic mass is 10.2. The first-order valence-electron chi connectivity index (χ1n) is 5.76.